The lowest BCUT2D eigenvalue weighted by Crippen LogP contribution is -2.32. The van der Waals surface area contributed by atoms with Gasteiger partial charge in [0.15, 0.2) is 16.7 Å². The standard InChI is InChI=1S/C19H18N2O3S/c1-13-2-4-14(5-3-13)11-25-19-20-8-9-21(19)18(22)15-6-7-16-17(10-15)24-12-23-16/h2-7,10H,8-9,11-12H2,1H3. The number of carbonyl (C=O) groups excluding carboxylic acids is 1. The van der Waals surface area contributed by atoms with E-state index in [1.165, 1.54) is 11.1 Å². The first-order valence-electron chi connectivity index (χ1n) is 8.15. The molecule has 0 atom stereocenters. The first-order chi connectivity index (χ1) is 12.2. The Morgan fingerprint density at radius 2 is 1.96 bits per heavy atom. The van der Waals surface area contributed by atoms with Crippen LogP contribution in [0.2, 0.25) is 0 Å². The number of fused-ring (bicyclic) bond motifs is 1. The molecule has 0 N–H and O–H groups in total. The molecule has 4 rings (SSSR count). The molecule has 0 unspecified atom stereocenters. The highest BCUT2D eigenvalue weighted by molar-refractivity contribution is 8.13. The number of amides is 1. The van der Waals surface area contributed by atoms with Crippen LogP contribution in [0, 0.1) is 6.92 Å². The van der Waals surface area contributed by atoms with E-state index in [0.717, 1.165) is 10.9 Å². The van der Waals surface area contributed by atoms with Gasteiger partial charge in [-0.15, -0.1) is 0 Å². The van der Waals surface area contributed by atoms with E-state index in [1.807, 2.05) is 0 Å². The summed E-state index contributed by atoms with van der Waals surface area (Å²) in [4.78, 5) is 19.1. The van der Waals surface area contributed by atoms with Crippen LogP contribution in [-0.4, -0.2) is 35.9 Å². The zero-order valence-corrected chi connectivity index (χ0v) is 14.7. The smallest absolute Gasteiger partial charge is 0.260 e. The number of aryl methyl sites for hydroxylation is 1. The van der Waals surface area contributed by atoms with Gasteiger partial charge < -0.3 is 9.47 Å². The fourth-order valence-corrected chi connectivity index (χ4v) is 3.76. The first kappa shape index (κ1) is 16.0. The highest BCUT2D eigenvalue weighted by Crippen LogP contribution is 2.33. The van der Waals surface area contributed by atoms with Crippen molar-refractivity contribution >= 4 is 22.8 Å². The Labute approximate surface area is 150 Å². The number of aliphatic imine (C=N–C) groups is 1. The lowest BCUT2D eigenvalue weighted by molar-refractivity contribution is 0.0860. The maximum atomic E-state index is 12.8. The molecule has 2 aliphatic heterocycles. The van der Waals surface area contributed by atoms with Crippen LogP contribution in [0.3, 0.4) is 0 Å². The topological polar surface area (TPSA) is 51.1 Å². The predicted octanol–water partition coefficient (Wildman–Crippen LogP) is 3.47. The number of amidine groups is 1. The van der Waals surface area contributed by atoms with Gasteiger partial charge in [-0.05, 0) is 30.7 Å². The second-order valence-corrected chi connectivity index (χ2v) is 6.91. The number of hydrogen-bond acceptors (Lipinski definition) is 5. The molecular weight excluding hydrogens is 336 g/mol. The van der Waals surface area contributed by atoms with Crippen molar-refractivity contribution < 1.29 is 14.3 Å². The van der Waals surface area contributed by atoms with Crippen LogP contribution in [0.4, 0.5) is 0 Å². The third-order valence-corrected chi connectivity index (χ3v) is 5.24. The Morgan fingerprint density at radius 1 is 1.16 bits per heavy atom. The molecule has 2 aliphatic rings. The molecule has 0 saturated heterocycles. The van der Waals surface area contributed by atoms with Crippen molar-refractivity contribution in [3.05, 3.63) is 59.2 Å². The lowest BCUT2D eigenvalue weighted by Gasteiger charge is -2.18. The minimum absolute atomic E-state index is 0.0500. The second-order valence-electron chi connectivity index (χ2n) is 5.96. The van der Waals surface area contributed by atoms with Crippen LogP contribution < -0.4 is 9.47 Å². The molecule has 25 heavy (non-hydrogen) atoms. The Balaban J connectivity index is 1.45. The SMILES string of the molecule is Cc1ccc(CSC2=NCCN2C(=O)c2ccc3c(c2)OCO3)cc1. The van der Waals surface area contributed by atoms with Crippen LogP contribution >= 0.6 is 11.8 Å². The molecular formula is C19H18N2O3S. The van der Waals surface area contributed by atoms with Gasteiger partial charge in [-0.1, -0.05) is 41.6 Å². The fourth-order valence-electron chi connectivity index (χ4n) is 2.76. The zero-order valence-electron chi connectivity index (χ0n) is 13.9. The van der Waals surface area contributed by atoms with Gasteiger partial charge in [0.2, 0.25) is 6.79 Å². The summed E-state index contributed by atoms with van der Waals surface area (Å²) >= 11 is 1.60. The van der Waals surface area contributed by atoms with E-state index >= 15 is 0 Å². The van der Waals surface area contributed by atoms with Crippen LogP contribution in [-0.2, 0) is 5.75 Å². The molecule has 5 nitrogen and oxygen atoms in total. The average Bonchev–Trinajstić information content (AvgIpc) is 3.29. The normalized spacial score (nSPS) is 15.4. The van der Waals surface area contributed by atoms with Crippen molar-refractivity contribution in [2.45, 2.75) is 12.7 Å². The third-order valence-electron chi connectivity index (χ3n) is 4.15. The van der Waals surface area contributed by atoms with Gasteiger partial charge >= 0.3 is 0 Å². The van der Waals surface area contributed by atoms with E-state index in [1.54, 1.807) is 34.9 Å². The molecule has 2 heterocycles. The number of carbonyl (C=O) groups is 1. The number of benzene rings is 2. The molecule has 1 amide bonds. The fraction of sp³-hybridized carbons (Fsp3) is 0.263. The summed E-state index contributed by atoms with van der Waals surface area (Å²) < 4.78 is 10.7. The largest absolute Gasteiger partial charge is 0.454 e. The molecule has 128 valence electrons. The number of ether oxygens (including phenoxy) is 2. The molecule has 0 aliphatic carbocycles. The summed E-state index contributed by atoms with van der Waals surface area (Å²) in [5, 5.41) is 0.781. The lowest BCUT2D eigenvalue weighted by atomic mass is 10.2. The molecule has 2 aromatic carbocycles. The molecule has 0 saturated carbocycles. The average molecular weight is 354 g/mol. The Morgan fingerprint density at radius 3 is 2.80 bits per heavy atom. The van der Waals surface area contributed by atoms with Crippen molar-refractivity contribution in [3.8, 4) is 11.5 Å². The van der Waals surface area contributed by atoms with Gasteiger partial charge in [0.1, 0.15) is 0 Å². The van der Waals surface area contributed by atoms with E-state index in [-0.39, 0.29) is 12.7 Å². The highest BCUT2D eigenvalue weighted by Gasteiger charge is 2.26. The van der Waals surface area contributed by atoms with E-state index in [0.29, 0.717) is 30.2 Å². The van der Waals surface area contributed by atoms with Gasteiger partial charge in [0.25, 0.3) is 5.91 Å². The van der Waals surface area contributed by atoms with E-state index in [4.69, 9.17) is 9.47 Å². The maximum absolute atomic E-state index is 12.8. The first-order valence-corrected chi connectivity index (χ1v) is 9.13. The number of nitrogens with zero attached hydrogens (tertiary/aromatic N) is 2. The van der Waals surface area contributed by atoms with Gasteiger partial charge in [0, 0.05) is 17.9 Å². The van der Waals surface area contributed by atoms with Gasteiger partial charge in [-0.2, -0.15) is 0 Å². The summed E-state index contributed by atoms with van der Waals surface area (Å²) in [6.45, 7) is 3.54. The Bertz CT molecular complexity index is 833. The molecule has 0 spiro atoms. The molecule has 0 bridgehead atoms. The highest BCUT2D eigenvalue weighted by atomic mass is 32.2. The van der Waals surface area contributed by atoms with Gasteiger partial charge in [-0.3, -0.25) is 14.7 Å². The molecule has 0 aromatic heterocycles. The van der Waals surface area contributed by atoms with Crippen molar-refractivity contribution in [1.82, 2.24) is 4.90 Å². The molecule has 0 fully saturated rings. The Kier molecular flexibility index (Phi) is 4.36. The van der Waals surface area contributed by atoms with Gasteiger partial charge in [-0.25, -0.2) is 0 Å². The molecule has 6 heteroatoms. The van der Waals surface area contributed by atoms with Crippen LogP contribution in [0.15, 0.2) is 47.5 Å². The minimum Gasteiger partial charge on any atom is -0.454 e. The van der Waals surface area contributed by atoms with Crippen LogP contribution in [0.25, 0.3) is 0 Å². The van der Waals surface area contributed by atoms with Crippen LogP contribution in [0.1, 0.15) is 21.5 Å². The van der Waals surface area contributed by atoms with Crippen molar-refractivity contribution in [3.63, 3.8) is 0 Å². The Hall–Kier alpha value is -2.47. The molecule has 0 radical (unpaired) electrons. The summed E-state index contributed by atoms with van der Waals surface area (Å²) in [5.41, 5.74) is 3.06. The van der Waals surface area contributed by atoms with Crippen molar-refractivity contribution in [1.29, 1.82) is 0 Å². The number of thioether (sulfide) groups is 1. The summed E-state index contributed by atoms with van der Waals surface area (Å²) in [6, 6.07) is 13.7. The number of hydrogen-bond donors (Lipinski definition) is 0. The number of rotatable bonds is 3. The van der Waals surface area contributed by atoms with E-state index in [9.17, 15) is 4.79 Å². The predicted molar refractivity (Wildman–Crippen MR) is 98.4 cm³/mol. The quantitative estimate of drug-likeness (QED) is 0.847. The molecule has 2 aromatic rings. The maximum Gasteiger partial charge on any atom is 0.260 e. The van der Waals surface area contributed by atoms with Crippen molar-refractivity contribution in [2.75, 3.05) is 19.9 Å². The third kappa shape index (κ3) is 3.35. The van der Waals surface area contributed by atoms with Crippen LogP contribution in [0.5, 0.6) is 11.5 Å². The summed E-state index contributed by atoms with van der Waals surface area (Å²) in [6.07, 6.45) is 0. The van der Waals surface area contributed by atoms with E-state index < -0.39 is 0 Å². The van der Waals surface area contributed by atoms with E-state index in [2.05, 4.69) is 36.2 Å². The minimum atomic E-state index is -0.0500. The summed E-state index contributed by atoms with van der Waals surface area (Å²) in [7, 11) is 0. The zero-order chi connectivity index (χ0) is 17.2. The monoisotopic (exact) mass is 354 g/mol. The summed E-state index contributed by atoms with van der Waals surface area (Å²) in [5.74, 6) is 2.05. The van der Waals surface area contributed by atoms with Crippen molar-refractivity contribution in [2.24, 2.45) is 4.99 Å². The van der Waals surface area contributed by atoms with Gasteiger partial charge in [0.05, 0.1) is 6.54 Å². The second kappa shape index (κ2) is 6.80.